The van der Waals surface area contributed by atoms with Crippen LogP contribution in [0.3, 0.4) is 0 Å². The van der Waals surface area contributed by atoms with Gasteiger partial charge in [0.1, 0.15) is 11.8 Å². The summed E-state index contributed by atoms with van der Waals surface area (Å²) >= 11 is 1.55. The zero-order valence-electron chi connectivity index (χ0n) is 19.8. The summed E-state index contributed by atoms with van der Waals surface area (Å²) in [5.41, 5.74) is 2.37. The van der Waals surface area contributed by atoms with Crippen LogP contribution in [-0.2, 0) is 16.0 Å². The number of para-hydroxylation sites is 2. The van der Waals surface area contributed by atoms with Crippen molar-refractivity contribution in [3.05, 3.63) is 82.0 Å². The maximum atomic E-state index is 13.9. The number of anilines is 1. The predicted molar refractivity (Wildman–Crippen MR) is 137 cm³/mol. The summed E-state index contributed by atoms with van der Waals surface area (Å²) in [6.45, 7) is 4.37. The van der Waals surface area contributed by atoms with Crippen molar-refractivity contribution in [2.45, 2.75) is 58.0 Å². The van der Waals surface area contributed by atoms with Gasteiger partial charge in [-0.05, 0) is 55.8 Å². The molecule has 0 aliphatic heterocycles. The smallest absolute Gasteiger partial charge is 0.248 e. The monoisotopic (exact) mass is 476 g/mol. The third-order valence-corrected chi connectivity index (χ3v) is 7.15. The minimum atomic E-state index is -0.836. The molecule has 1 aliphatic carbocycles. The average Bonchev–Trinajstić information content (AvgIpc) is 3.53. The van der Waals surface area contributed by atoms with Gasteiger partial charge in [-0.1, -0.05) is 55.3 Å². The Balaban J connectivity index is 1.82. The summed E-state index contributed by atoms with van der Waals surface area (Å²) in [7, 11) is 0. The Morgan fingerprint density at radius 1 is 1.06 bits per heavy atom. The van der Waals surface area contributed by atoms with Gasteiger partial charge in [0.25, 0.3) is 0 Å². The number of carbonyl (C=O) groups is 2. The third-order valence-electron chi connectivity index (χ3n) is 6.27. The maximum Gasteiger partial charge on any atom is 0.248 e. The van der Waals surface area contributed by atoms with Crippen molar-refractivity contribution in [1.29, 1.82) is 0 Å². The number of rotatable bonds is 9. The molecule has 178 valence electrons. The van der Waals surface area contributed by atoms with E-state index in [0.717, 1.165) is 41.8 Å². The van der Waals surface area contributed by atoms with Crippen LogP contribution in [0.2, 0.25) is 0 Å². The Bertz CT molecular complexity index is 1110. The van der Waals surface area contributed by atoms with Gasteiger partial charge >= 0.3 is 0 Å². The fourth-order valence-electron chi connectivity index (χ4n) is 4.64. The molecule has 1 atom stereocenters. The van der Waals surface area contributed by atoms with Gasteiger partial charge in [0.05, 0.1) is 13.0 Å². The summed E-state index contributed by atoms with van der Waals surface area (Å²) in [6, 6.07) is 18.5. The number of amides is 2. The van der Waals surface area contributed by atoms with E-state index in [1.165, 1.54) is 0 Å². The highest BCUT2D eigenvalue weighted by atomic mass is 32.1. The number of hydrogen-bond acceptors (Lipinski definition) is 4. The number of nitrogens with zero attached hydrogens (tertiary/aromatic N) is 1. The molecule has 0 spiro atoms. The molecule has 1 N–H and O–H groups in total. The van der Waals surface area contributed by atoms with Crippen LogP contribution in [0.25, 0.3) is 0 Å². The van der Waals surface area contributed by atoms with Gasteiger partial charge in [-0.2, -0.15) is 0 Å². The number of nitrogens with one attached hydrogen (secondary N) is 1. The van der Waals surface area contributed by atoms with Crippen molar-refractivity contribution in [1.82, 2.24) is 5.32 Å². The van der Waals surface area contributed by atoms with Crippen molar-refractivity contribution in [2.24, 2.45) is 0 Å². The van der Waals surface area contributed by atoms with Gasteiger partial charge in [-0.15, -0.1) is 11.3 Å². The summed E-state index contributed by atoms with van der Waals surface area (Å²) < 4.78 is 5.92. The van der Waals surface area contributed by atoms with E-state index in [2.05, 4.69) is 5.32 Å². The summed E-state index contributed by atoms with van der Waals surface area (Å²) in [5, 5.41) is 5.21. The predicted octanol–water partition coefficient (Wildman–Crippen LogP) is 5.83. The fraction of sp³-hybridized carbons (Fsp3) is 0.357. The molecule has 5 nitrogen and oxygen atoms in total. The van der Waals surface area contributed by atoms with Gasteiger partial charge < -0.3 is 10.1 Å². The molecule has 1 saturated carbocycles. The van der Waals surface area contributed by atoms with Crippen LogP contribution in [0.1, 0.15) is 54.7 Å². The van der Waals surface area contributed by atoms with Gasteiger partial charge in [0.2, 0.25) is 11.8 Å². The zero-order valence-corrected chi connectivity index (χ0v) is 20.6. The molecular formula is C28H32N2O3S. The van der Waals surface area contributed by atoms with Crippen molar-refractivity contribution >= 4 is 28.8 Å². The second kappa shape index (κ2) is 11.3. The van der Waals surface area contributed by atoms with E-state index in [4.69, 9.17) is 4.74 Å². The molecule has 6 heteroatoms. The van der Waals surface area contributed by atoms with Gasteiger partial charge in [-0.25, -0.2) is 0 Å². The highest BCUT2D eigenvalue weighted by Gasteiger charge is 2.36. The van der Waals surface area contributed by atoms with Crippen LogP contribution in [0, 0.1) is 6.92 Å². The molecule has 2 amide bonds. The first-order chi connectivity index (χ1) is 16.6. The van der Waals surface area contributed by atoms with Crippen LogP contribution in [0.15, 0.2) is 66.0 Å². The van der Waals surface area contributed by atoms with E-state index < -0.39 is 6.04 Å². The summed E-state index contributed by atoms with van der Waals surface area (Å²) in [4.78, 5) is 30.5. The molecule has 0 unspecified atom stereocenters. The first kappa shape index (κ1) is 24.0. The quantitative estimate of drug-likeness (QED) is 0.423. The molecule has 0 radical (unpaired) electrons. The minimum Gasteiger partial charge on any atom is -0.493 e. The lowest BCUT2D eigenvalue weighted by Crippen LogP contribution is -2.47. The summed E-state index contributed by atoms with van der Waals surface area (Å²) in [6.07, 6.45) is 4.40. The van der Waals surface area contributed by atoms with E-state index in [0.29, 0.717) is 17.9 Å². The number of benzene rings is 2. The average molecular weight is 477 g/mol. The molecule has 1 aromatic heterocycles. The zero-order chi connectivity index (χ0) is 23.9. The Morgan fingerprint density at radius 3 is 2.50 bits per heavy atom. The highest BCUT2D eigenvalue weighted by Crippen LogP contribution is 2.36. The number of aryl methyl sites for hydroxylation is 1. The molecule has 1 heterocycles. The van der Waals surface area contributed by atoms with Gasteiger partial charge in [0, 0.05) is 22.2 Å². The molecule has 0 saturated heterocycles. The van der Waals surface area contributed by atoms with Crippen LogP contribution >= 0.6 is 11.3 Å². The molecule has 3 aromatic rings. The van der Waals surface area contributed by atoms with E-state index >= 15 is 0 Å². The lowest BCUT2D eigenvalue weighted by molar-refractivity contribution is -0.127. The molecule has 0 bridgehead atoms. The molecule has 2 aromatic carbocycles. The van der Waals surface area contributed by atoms with Crippen molar-refractivity contribution in [3.8, 4) is 5.75 Å². The summed E-state index contributed by atoms with van der Waals surface area (Å²) in [5.74, 6) is 0.343. The minimum absolute atomic E-state index is 0.116. The van der Waals surface area contributed by atoms with E-state index in [1.54, 1.807) is 16.2 Å². The van der Waals surface area contributed by atoms with Crippen molar-refractivity contribution < 1.29 is 14.3 Å². The largest absolute Gasteiger partial charge is 0.493 e. The molecule has 4 rings (SSSR count). The first-order valence-electron chi connectivity index (χ1n) is 12.0. The van der Waals surface area contributed by atoms with Crippen molar-refractivity contribution in [3.63, 3.8) is 0 Å². The number of thiophene rings is 1. The molecule has 34 heavy (non-hydrogen) atoms. The second-order valence-electron chi connectivity index (χ2n) is 8.67. The highest BCUT2D eigenvalue weighted by molar-refractivity contribution is 7.10. The molecular weight excluding hydrogens is 444 g/mol. The topological polar surface area (TPSA) is 58.6 Å². The Kier molecular flexibility index (Phi) is 8.01. The first-order valence-corrected chi connectivity index (χ1v) is 12.9. The third kappa shape index (κ3) is 5.50. The number of hydrogen-bond donors (Lipinski definition) is 1. The second-order valence-corrected chi connectivity index (χ2v) is 9.70. The number of ether oxygens (including phenoxy) is 1. The van der Waals surface area contributed by atoms with E-state index in [9.17, 15) is 9.59 Å². The lowest BCUT2D eigenvalue weighted by Gasteiger charge is -2.34. The lowest BCUT2D eigenvalue weighted by atomic mass is 9.99. The van der Waals surface area contributed by atoms with E-state index in [1.807, 2.05) is 79.9 Å². The fourth-order valence-corrected chi connectivity index (χ4v) is 5.34. The van der Waals surface area contributed by atoms with Crippen LogP contribution < -0.4 is 15.0 Å². The Morgan fingerprint density at radius 2 is 1.79 bits per heavy atom. The standard InChI is InChI=1S/C28H32N2O3S/c1-3-33-25-17-9-7-15-23(25)27(28(32)29-21-12-5-6-13-21)30(24-16-8-4-11-20(24)2)26(31)19-22-14-10-18-34-22/h4,7-11,14-18,21,27H,3,5-6,12-13,19H2,1-2H3,(H,29,32)/t27-/m1/s1. The van der Waals surface area contributed by atoms with Crippen LogP contribution in [0.4, 0.5) is 5.69 Å². The Labute approximate surface area is 205 Å². The molecule has 1 aliphatic rings. The van der Waals surface area contributed by atoms with Crippen LogP contribution in [-0.4, -0.2) is 24.5 Å². The Hall–Kier alpha value is -3.12. The number of carbonyl (C=O) groups excluding carboxylic acids is 2. The normalized spacial score (nSPS) is 14.5. The van der Waals surface area contributed by atoms with Crippen LogP contribution in [0.5, 0.6) is 5.75 Å². The van der Waals surface area contributed by atoms with Gasteiger partial charge in [-0.3, -0.25) is 14.5 Å². The van der Waals surface area contributed by atoms with E-state index in [-0.39, 0.29) is 24.3 Å². The maximum absolute atomic E-state index is 13.9. The van der Waals surface area contributed by atoms with Crippen molar-refractivity contribution in [2.75, 3.05) is 11.5 Å². The molecule has 1 fully saturated rings. The van der Waals surface area contributed by atoms with Gasteiger partial charge in [0.15, 0.2) is 0 Å². The SMILES string of the molecule is CCOc1ccccc1[C@H](C(=O)NC1CCCC1)N(C(=O)Cc1cccs1)c1ccccc1C.